The molecule has 5 nitrogen and oxygen atoms in total. The molecule has 1 aromatic carbocycles. The second-order valence-electron chi connectivity index (χ2n) is 6.90. The molecule has 1 heterocycles. The number of hydrogen-bond acceptors (Lipinski definition) is 2. The Labute approximate surface area is 163 Å². The van der Waals surface area contributed by atoms with Crippen molar-refractivity contribution in [2.45, 2.75) is 31.7 Å². The van der Waals surface area contributed by atoms with E-state index in [2.05, 4.69) is 31.5 Å². The Hall–Kier alpha value is -1.18. The molecule has 0 bridgehead atoms. The van der Waals surface area contributed by atoms with E-state index < -0.39 is 0 Å². The van der Waals surface area contributed by atoms with Gasteiger partial charge in [-0.15, -0.1) is 0 Å². The van der Waals surface area contributed by atoms with Crippen LogP contribution in [-0.2, 0) is 4.79 Å². The predicted molar refractivity (Wildman–Crippen MR) is 108 cm³/mol. The lowest BCUT2D eigenvalue weighted by molar-refractivity contribution is -0.895. The van der Waals surface area contributed by atoms with Gasteiger partial charge in [0.1, 0.15) is 0 Å². The summed E-state index contributed by atoms with van der Waals surface area (Å²) in [7, 11) is 0. The molecule has 1 aliphatic heterocycles. The number of carbonyl (C=O) groups is 1. The van der Waals surface area contributed by atoms with Crippen LogP contribution in [0.4, 0.5) is 5.69 Å². The van der Waals surface area contributed by atoms with E-state index in [1.807, 2.05) is 24.3 Å². The van der Waals surface area contributed by atoms with Crippen molar-refractivity contribution in [2.24, 2.45) is 0 Å². The van der Waals surface area contributed by atoms with Crippen LogP contribution in [0, 0.1) is 0 Å². The second-order valence-corrected chi connectivity index (χ2v) is 8.20. The zero-order valence-corrected chi connectivity index (χ0v) is 16.8. The fourth-order valence-electron chi connectivity index (χ4n) is 3.50. The number of halogens is 1. The minimum absolute atomic E-state index is 0.0671. The third-order valence-corrected chi connectivity index (χ3v) is 5.88. The van der Waals surface area contributed by atoms with Gasteiger partial charge < -0.3 is 20.4 Å². The summed E-state index contributed by atoms with van der Waals surface area (Å²) in [5.41, 5.74) is 0.841. The molecule has 1 amide bonds. The summed E-state index contributed by atoms with van der Waals surface area (Å²) in [4.78, 5) is 15.8. The molecule has 3 rings (SSSR count). The van der Waals surface area contributed by atoms with Gasteiger partial charge in [0.05, 0.1) is 26.2 Å². The van der Waals surface area contributed by atoms with Crippen LogP contribution in [0.1, 0.15) is 25.7 Å². The van der Waals surface area contributed by atoms with Gasteiger partial charge in [0.15, 0.2) is 11.7 Å². The first kappa shape index (κ1) is 18.6. The van der Waals surface area contributed by atoms with Gasteiger partial charge in [0, 0.05) is 16.2 Å². The smallest absolute Gasteiger partial charge is 0.279 e. The van der Waals surface area contributed by atoms with E-state index in [1.54, 1.807) is 0 Å². The third kappa shape index (κ3) is 5.66. The molecule has 3 N–H and O–H groups in total. The number of nitrogens with one attached hydrogen (secondary N) is 3. The van der Waals surface area contributed by atoms with Crippen LogP contribution in [-0.4, -0.2) is 54.7 Å². The minimum Gasteiger partial charge on any atom is -0.360 e. The quantitative estimate of drug-likeness (QED) is 0.638. The molecule has 25 heavy (non-hydrogen) atoms. The second kappa shape index (κ2) is 8.96. The summed E-state index contributed by atoms with van der Waals surface area (Å²) in [6.07, 6.45) is 5.10. The number of quaternary nitrogens is 1. The average molecular weight is 426 g/mol. The lowest BCUT2D eigenvalue weighted by Gasteiger charge is -2.34. The number of nitrogens with zero attached hydrogens (tertiary/aromatic N) is 1. The maximum atomic E-state index is 12.2. The number of amides is 1. The summed E-state index contributed by atoms with van der Waals surface area (Å²) < 4.78 is 1.01. The molecule has 1 saturated carbocycles. The molecule has 7 heteroatoms. The summed E-state index contributed by atoms with van der Waals surface area (Å²) in [6.45, 7) is 4.23. The lowest BCUT2D eigenvalue weighted by atomic mass is 10.2. The first-order valence-corrected chi connectivity index (χ1v) is 10.2. The van der Waals surface area contributed by atoms with Crippen LogP contribution in [0.15, 0.2) is 28.7 Å². The van der Waals surface area contributed by atoms with Crippen molar-refractivity contribution < 1.29 is 9.69 Å². The Morgan fingerprint density at radius 3 is 2.48 bits per heavy atom. The minimum atomic E-state index is 0.0671. The van der Waals surface area contributed by atoms with Crippen LogP contribution >= 0.6 is 28.1 Å². The first-order chi connectivity index (χ1) is 12.1. The average Bonchev–Trinajstić information content (AvgIpc) is 3.10. The Morgan fingerprint density at radius 2 is 1.84 bits per heavy atom. The number of hydrogen-bond donors (Lipinski definition) is 3. The fourth-order valence-corrected chi connectivity index (χ4v) is 4.12. The van der Waals surface area contributed by atoms with Crippen molar-refractivity contribution in [3.8, 4) is 0 Å². The van der Waals surface area contributed by atoms with Crippen molar-refractivity contribution in [1.29, 1.82) is 0 Å². The summed E-state index contributed by atoms with van der Waals surface area (Å²) in [5, 5.41) is 7.37. The predicted octanol–water partition coefficient (Wildman–Crippen LogP) is 1.41. The Kier molecular flexibility index (Phi) is 6.67. The normalized spacial score (nSPS) is 19.0. The van der Waals surface area contributed by atoms with Crippen molar-refractivity contribution in [1.82, 2.24) is 10.2 Å². The Morgan fingerprint density at radius 1 is 1.20 bits per heavy atom. The highest BCUT2D eigenvalue weighted by Crippen LogP contribution is 2.18. The van der Waals surface area contributed by atoms with Gasteiger partial charge >= 0.3 is 0 Å². The van der Waals surface area contributed by atoms with Gasteiger partial charge in [0.25, 0.3) is 5.91 Å². The van der Waals surface area contributed by atoms with Crippen LogP contribution in [0.25, 0.3) is 0 Å². The number of piperazine rings is 1. The number of carbonyl (C=O) groups excluding carboxylic acids is 1. The maximum absolute atomic E-state index is 12.2. The van der Waals surface area contributed by atoms with Crippen LogP contribution in [0.3, 0.4) is 0 Å². The molecule has 2 fully saturated rings. The zero-order valence-electron chi connectivity index (χ0n) is 14.4. The topological polar surface area (TPSA) is 48.8 Å². The highest BCUT2D eigenvalue weighted by atomic mass is 79.9. The first-order valence-electron chi connectivity index (χ1n) is 9.04. The summed E-state index contributed by atoms with van der Waals surface area (Å²) >= 11 is 8.96. The van der Waals surface area contributed by atoms with E-state index >= 15 is 0 Å². The van der Waals surface area contributed by atoms with Crippen LogP contribution in [0.5, 0.6) is 0 Å². The van der Waals surface area contributed by atoms with E-state index in [0.29, 0.717) is 12.6 Å². The van der Waals surface area contributed by atoms with E-state index in [9.17, 15) is 4.79 Å². The number of anilines is 1. The zero-order chi connectivity index (χ0) is 17.6. The van der Waals surface area contributed by atoms with E-state index in [0.717, 1.165) is 41.5 Å². The SMILES string of the molecule is O=C(C[NH+]1CCN(C(=S)NC2CCCC2)CC1)Nc1ccc(Br)cc1. The molecular formula is C18H26BrN4OS+. The van der Waals surface area contributed by atoms with Gasteiger partial charge in [-0.1, -0.05) is 28.8 Å². The van der Waals surface area contributed by atoms with Crippen molar-refractivity contribution in [3.63, 3.8) is 0 Å². The van der Waals surface area contributed by atoms with Crippen LogP contribution < -0.4 is 15.5 Å². The van der Waals surface area contributed by atoms with E-state index in [4.69, 9.17) is 12.2 Å². The van der Waals surface area contributed by atoms with Crippen LogP contribution in [0.2, 0.25) is 0 Å². The van der Waals surface area contributed by atoms with Crippen molar-refractivity contribution >= 4 is 44.9 Å². The number of thiocarbonyl (C=S) groups is 1. The third-order valence-electron chi connectivity index (χ3n) is 4.98. The van der Waals surface area contributed by atoms with Gasteiger partial charge in [-0.25, -0.2) is 0 Å². The molecular weight excluding hydrogens is 400 g/mol. The Balaban J connectivity index is 1.38. The number of benzene rings is 1. The maximum Gasteiger partial charge on any atom is 0.279 e. The molecule has 1 aliphatic carbocycles. The standard InChI is InChI=1S/C18H25BrN4OS/c19-14-5-7-16(8-6-14)20-17(24)13-22-9-11-23(12-10-22)18(25)21-15-3-1-2-4-15/h5-8,15H,1-4,9-13H2,(H,20,24)(H,21,25)/p+1. The molecule has 1 saturated heterocycles. The highest BCUT2D eigenvalue weighted by molar-refractivity contribution is 9.10. The Bertz CT molecular complexity index is 596. The van der Waals surface area contributed by atoms with E-state index in [-0.39, 0.29) is 5.91 Å². The highest BCUT2D eigenvalue weighted by Gasteiger charge is 2.25. The molecule has 0 atom stereocenters. The van der Waals surface area contributed by atoms with Crippen molar-refractivity contribution in [2.75, 3.05) is 38.0 Å². The molecule has 1 aromatic rings. The summed E-state index contributed by atoms with van der Waals surface area (Å²) in [5.74, 6) is 0.0671. The van der Waals surface area contributed by atoms with E-state index in [1.165, 1.54) is 30.6 Å². The van der Waals surface area contributed by atoms with Crippen molar-refractivity contribution in [3.05, 3.63) is 28.7 Å². The van der Waals surface area contributed by atoms with Gasteiger partial charge in [-0.2, -0.15) is 0 Å². The summed E-state index contributed by atoms with van der Waals surface area (Å²) in [6, 6.07) is 8.23. The van der Waals surface area contributed by atoms with Gasteiger partial charge in [-0.05, 0) is 49.3 Å². The van der Waals surface area contributed by atoms with Gasteiger partial charge in [-0.3, -0.25) is 4.79 Å². The largest absolute Gasteiger partial charge is 0.360 e. The molecule has 2 aliphatic rings. The monoisotopic (exact) mass is 425 g/mol. The lowest BCUT2D eigenvalue weighted by Crippen LogP contribution is -3.15. The fraction of sp³-hybridized carbons (Fsp3) is 0.556. The molecule has 136 valence electrons. The molecule has 0 aromatic heterocycles. The molecule has 0 unspecified atom stereocenters. The molecule has 0 spiro atoms. The molecule has 0 radical (unpaired) electrons. The number of rotatable bonds is 4. The van der Waals surface area contributed by atoms with Gasteiger partial charge in [0.2, 0.25) is 0 Å².